The van der Waals surface area contributed by atoms with Crippen LogP contribution in [-0.4, -0.2) is 59.9 Å². The summed E-state index contributed by atoms with van der Waals surface area (Å²) in [5.74, 6) is 1.98. The van der Waals surface area contributed by atoms with E-state index in [1.807, 2.05) is 54.6 Å². The normalized spacial score (nSPS) is 12.7. The summed E-state index contributed by atoms with van der Waals surface area (Å²) in [4.78, 5) is 23.2. The highest BCUT2D eigenvalue weighted by Gasteiger charge is 2.27. The number of fused-ring (bicyclic) bond motifs is 4. The fourth-order valence-corrected chi connectivity index (χ4v) is 9.48. The maximum atomic E-state index is 6.71. The van der Waals surface area contributed by atoms with Crippen LogP contribution in [0.25, 0.3) is 72.3 Å². The average molecular weight is 875 g/mol. The summed E-state index contributed by atoms with van der Waals surface area (Å²) in [6.07, 6.45) is 1.07. The summed E-state index contributed by atoms with van der Waals surface area (Å²) in [5, 5.41) is 21.2. The molecule has 0 radical (unpaired) electrons. The number of H-pyrrole nitrogens is 2. The summed E-state index contributed by atoms with van der Waals surface area (Å²) in [5.41, 5.74) is 28.4. The minimum atomic E-state index is -0.277. The summed E-state index contributed by atoms with van der Waals surface area (Å²) in [6, 6.07) is 55.8. The van der Waals surface area contributed by atoms with E-state index in [-0.39, 0.29) is 11.8 Å². The minimum absolute atomic E-state index is 0.178. The lowest BCUT2D eigenvalue weighted by atomic mass is 9.87. The van der Waals surface area contributed by atoms with Crippen molar-refractivity contribution in [2.45, 2.75) is 24.7 Å². The Morgan fingerprint density at radius 1 is 0.552 bits per heavy atom. The van der Waals surface area contributed by atoms with E-state index in [2.05, 4.69) is 146 Å². The highest BCUT2D eigenvalue weighted by atomic mass is 15.4. The van der Waals surface area contributed by atoms with Crippen molar-refractivity contribution >= 4 is 56.0 Å². The first-order chi connectivity index (χ1) is 32.9. The number of nitrogens with one attached hydrogen (secondary N) is 2. The van der Waals surface area contributed by atoms with Crippen LogP contribution in [0.4, 0.5) is 11.6 Å². The largest absolute Gasteiger partial charge is 0.384 e. The van der Waals surface area contributed by atoms with E-state index < -0.39 is 0 Å². The Balaban J connectivity index is 0.939. The van der Waals surface area contributed by atoms with Gasteiger partial charge in [0.15, 0.2) is 5.65 Å². The summed E-state index contributed by atoms with van der Waals surface area (Å²) < 4.78 is 3.93. The van der Waals surface area contributed by atoms with Crippen molar-refractivity contribution in [2.24, 2.45) is 7.05 Å². The van der Waals surface area contributed by atoms with Gasteiger partial charge < -0.3 is 21.0 Å². The molecule has 67 heavy (non-hydrogen) atoms. The molecule has 0 bridgehead atoms. The number of aromatic nitrogens is 12. The third-order valence-corrected chi connectivity index (χ3v) is 12.8. The van der Waals surface area contributed by atoms with Gasteiger partial charge in [0.2, 0.25) is 5.65 Å². The highest BCUT2D eigenvalue weighted by molar-refractivity contribution is 5.84. The Morgan fingerprint density at radius 2 is 1.21 bits per heavy atom. The van der Waals surface area contributed by atoms with Crippen LogP contribution in [0.3, 0.4) is 0 Å². The van der Waals surface area contributed by atoms with Crippen LogP contribution in [0.2, 0.25) is 0 Å². The molecule has 0 aliphatic carbocycles. The average Bonchev–Trinajstić information content (AvgIpc) is 4.18. The molecule has 2 atom stereocenters. The van der Waals surface area contributed by atoms with Crippen molar-refractivity contribution in [1.82, 2.24) is 59.9 Å². The number of aromatic amines is 2. The van der Waals surface area contributed by atoms with E-state index in [1.165, 1.54) is 0 Å². The fourth-order valence-electron chi connectivity index (χ4n) is 9.48. The molecule has 0 spiro atoms. The molecular weight excluding hydrogens is 833 g/mol. The molecule has 12 aromatic rings. The topological polar surface area (TPSA) is 197 Å². The van der Waals surface area contributed by atoms with Crippen LogP contribution < -0.4 is 11.5 Å². The monoisotopic (exact) mass is 874 g/mol. The van der Waals surface area contributed by atoms with Crippen LogP contribution in [0, 0.1) is 0 Å². The number of imidazole rings is 2. The van der Waals surface area contributed by atoms with E-state index in [9.17, 15) is 0 Å². The van der Waals surface area contributed by atoms with Crippen molar-refractivity contribution in [1.29, 1.82) is 0 Å². The van der Waals surface area contributed by atoms with Crippen LogP contribution in [-0.2, 0) is 19.9 Å². The Bertz CT molecular complexity index is 3760. The molecule has 0 unspecified atom stereocenters. The van der Waals surface area contributed by atoms with E-state index in [1.54, 1.807) is 4.68 Å². The van der Waals surface area contributed by atoms with E-state index in [0.717, 1.165) is 83.9 Å². The third-order valence-electron chi connectivity index (χ3n) is 12.8. The number of benzene rings is 6. The second-order valence-corrected chi connectivity index (χ2v) is 16.9. The molecule has 6 heterocycles. The molecule has 0 aliphatic rings. The number of rotatable bonds is 11. The van der Waals surface area contributed by atoms with Gasteiger partial charge in [-0.15, -0.1) is 10.2 Å². The Hall–Kier alpha value is -9.04. The molecule has 0 fully saturated rings. The maximum absolute atomic E-state index is 6.71. The van der Waals surface area contributed by atoms with Crippen LogP contribution in [0.15, 0.2) is 164 Å². The van der Waals surface area contributed by atoms with Gasteiger partial charge in [-0.3, -0.25) is 0 Å². The first-order valence-electron chi connectivity index (χ1n) is 22.1. The molecule has 6 aromatic carbocycles. The first kappa shape index (κ1) is 39.5. The van der Waals surface area contributed by atoms with Gasteiger partial charge in [0, 0.05) is 31.7 Å². The molecule has 0 amide bonds. The smallest absolute Gasteiger partial charge is 0.203 e. The maximum Gasteiger partial charge on any atom is 0.203 e. The number of hydrogen-bond donors (Lipinski definition) is 4. The molecular formula is C53H42N14. The first-order valence-corrected chi connectivity index (χ1v) is 22.1. The van der Waals surface area contributed by atoms with E-state index >= 15 is 0 Å². The predicted molar refractivity (Wildman–Crippen MR) is 262 cm³/mol. The second-order valence-electron chi connectivity index (χ2n) is 16.9. The molecule has 6 N–H and O–H groups in total. The summed E-state index contributed by atoms with van der Waals surface area (Å²) >= 11 is 0. The lowest BCUT2D eigenvalue weighted by Gasteiger charge is -2.20. The second kappa shape index (κ2) is 16.2. The van der Waals surface area contributed by atoms with Crippen molar-refractivity contribution < 1.29 is 0 Å². The zero-order valence-corrected chi connectivity index (χ0v) is 36.3. The summed E-state index contributed by atoms with van der Waals surface area (Å²) in [7, 11) is 2.06. The third kappa shape index (κ3) is 7.26. The van der Waals surface area contributed by atoms with Crippen molar-refractivity contribution in [3.8, 4) is 27.9 Å². The number of nitrogens with two attached hydrogens (primary N) is 2. The van der Waals surface area contributed by atoms with Gasteiger partial charge >= 0.3 is 0 Å². The van der Waals surface area contributed by atoms with Crippen molar-refractivity contribution in [3.05, 3.63) is 198 Å². The molecule has 324 valence electrons. The SMILES string of the molecule is Cn1c(C[C@H](c2cccc(-n3nnc4c([C@H](Cc5nc6ccc(-c7ccccc7)cc6[nH]5)c5ccccc5)cc(N)nc43)c2)c2cc(N)nc3n[nH]nc23)nc2ccc(-c3ccccc3)cc21. The van der Waals surface area contributed by atoms with Gasteiger partial charge in [0.05, 0.1) is 27.8 Å². The van der Waals surface area contributed by atoms with Crippen LogP contribution in [0.1, 0.15) is 45.7 Å². The lowest BCUT2D eigenvalue weighted by molar-refractivity contribution is 0.718. The van der Waals surface area contributed by atoms with Gasteiger partial charge in [-0.25, -0.2) is 19.9 Å². The lowest BCUT2D eigenvalue weighted by Crippen LogP contribution is -2.12. The number of hydrogen-bond acceptors (Lipinski definition) is 10. The van der Waals surface area contributed by atoms with Gasteiger partial charge in [-0.2, -0.15) is 15.0 Å². The number of nitrogen functional groups attached to an aromatic ring is 2. The number of aryl methyl sites for hydroxylation is 1. The van der Waals surface area contributed by atoms with Gasteiger partial charge in [0.25, 0.3) is 0 Å². The molecule has 6 aromatic heterocycles. The molecule has 12 rings (SSSR count). The Morgan fingerprint density at radius 3 is 1.97 bits per heavy atom. The Labute approximate surface area is 383 Å². The zero-order chi connectivity index (χ0) is 45.0. The van der Waals surface area contributed by atoms with Gasteiger partial charge in [0.1, 0.15) is 34.3 Å². The molecule has 0 saturated heterocycles. The molecule has 14 heteroatoms. The van der Waals surface area contributed by atoms with Gasteiger partial charge in [-0.05, 0) is 93.0 Å². The fraction of sp³-hybridized carbons (Fsp3) is 0.0943. The van der Waals surface area contributed by atoms with Crippen LogP contribution >= 0.6 is 0 Å². The van der Waals surface area contributed by atoms with Crippen molar-refractivity contribution in [2.75, 3.05) is 11.5 Å². The minimum Gasteiger partial charge on any atom is -0.384 e. The molecule has 14 nitrogen and oxygen atoms in total. The standard InChI is InChI=1S/C53H42N14/c1-66-45-26-35(32-14-7-3-8-15-32)21-23-43(45)58-49(66)30-39(40-27-46(54)59-52-50(40)61-64-63-52)36-18-11-19-37(24-36)67-53-51(62-65-67)41(28-47(55)60-53)38(33-16-9-4-10-17-33)29-48-56-42-22-20-34(25-44(42)57-48)31-12-5-2-6-13-31/h2-28,38-39H,29-30H2,1H3,(H2,55,60)(H,56,57)(H3,54,59,61,63,64)/t38-,39-/m1/s1. The summed E-state index contributed by atoms with van der Waals surface area (Å²) in [6.45, 7) is 0. The van der Waals surface area contributed by atoms with Gasteiger partial charge in [-0.1, -0.05) is 120 Å². The number of nitrogens with zero attached hydrogens (tertiary/aromatic N) is 10. The Kier molecular flexibility index (Phi) is 9.56. The number of pyridine rings is 2. The van der Waals surface area contributed by atoms with E-state index in [4.69, 9.17) is 36.7 Å². The zero-order valence-electron chi connectivity index (χ0n) is 36.3. The van der Waals surface area contributed by atoms with Crippen molar-refractivity contribution in [3.63, 3.8) is 0 Å². The van der Waals surface area contributed by atoms with E-state index in [0.29, 0.717) is 46.8 Å². The molecule has 0 saturated carbocycles. The quantitative estimate of drug-likeness (QED) is 0.0971. The van der Waals surface area contributed by atoms with Crippen LogP contribution in [0.5, 0.6) is 0 Å². The highest BCUT2D eigenvalue weighted by Crippen LogP contribution is 2.37. The number of anilines is 2. The molecule has 0 aliphatic heterocycles. The predicted octanol–water partition coefficient (Wildman–Crippen LogP) is 9.49.